The topological polar surface area (TPSA) is 74.6 Å². The minimum atomic E-state index is -3.98. The summed E-state index contributed by atoms with van der Waals surface area (Å²) < 4.78 is 25.4. The molecular weight excluding hydrogens is 276 g/mol. The number of aromatic hydroxyl groups is 2. The molecule has 0 aromatic heterocycles. The first kappa shape index (κ1) is 14.4. The summed E-state index contributed by atoms with van der Waals surface area (Å²) in [5, 5.41) is 20.1. The fourth-order valence-corrected chi connectivity index (χ4v) is 3.87. The highest BCUT2D eigenvalue weighted by atomic mass is 32.2. The first-order valence-corrected chi connectivity index (χ1v) is 7.58. The molecule has 2 aromatic carbocycles. The number of phenolic OH excluding ortho intramolecular Hbond substituents is 2. The van der Waals surface area contributed by atoms with Crippen LogP contribution in [0.2, 0.25) is 0 Å². The van der Waals surface area contributed by atoms with Crippen molar-refractivity contribution in [1.29, 1.82) is 0 Å². The van der Waals surface area contributed by atoms with Crippen molar-refractivity contribution in [3.63, 3.8) is 0 Å². The van der Waals surface area contributed by atoms with Gasteiger partial charge in [0.2, 0.25) is 9.84 Å². The van der Waals surface area contributed by atoms with E-state index in [2.05, 4.69) is 0 Å². The van der Waals surface area contributed by atoms with Gasteiger partial charge in [-0.2, -0.15) is 0 Å². The summed E-state index contributed by atoms with van der Waals surface area (Å²) in [7, 11) is -3.98. The summed E-state index contributed by atoms with van der Waals surface area (Å²) in [4.78, 5) is -0.347. The minimum Gasteiger partial charge on any atom is -0.506 e. The maximum Gasteiger partial charge on any atom is 0.214 e. The van der Waals surface area contributed by atoms with Crippen LogP contribution in [0.25, 0.3) is 0 Å². The van der Waals surface area contributed by atoms with E-state index in [1.54, 1.807) is 45.0 Å². The molecule has 0 heterocycles. The highest BCUT2D eigenvalue weighted by Crippen LogP contribution is 2.37. The van der Waals surface area contributed by atoms with E-state index in [0.29, 0.717) is 16.7 Å². The second-order valence-electron chi connectivity index (χ2n) is 4.80. The molecule has 0 saturated heterocycles. The zero-order chi connectivity index (χ0) is 15.1. The van der Waals surface area contributed by atoms with E-state index in [-0.39, 0.29) is 21.3 Å². The molecule has 20 heavy (non-hydrogen) atoms. The molecule has 0 spiro atoms. The van der Waals surface area contributed by atoms with Gasteiger partial charge < -0.3 is 10.2 Å². The Kier molecular flexibility index (Phi) is 3.48. The molecule has 0 radical (unpaired) electrons. The van der Waals surface area contributed by atoms with Crippen LogP contribution in [0.1, 0.15) is 16.7 Å². The number of aryl methyl sites for hydroxylation is 3. The highest BCUT2D eigenvalue weighted by molar-refractivity contribution is 7.91. The quantitative estimate of drug-likeness (QED) is 0.892. The van der Waals surface area contributed by atoms with E-state index in [4.69, 9.17) is 0 Å². The lowest BCUT2D eigenvalue weighted by atomic mass is 10.1. The summed E-state index contributed by atoms with van der Waals surface area (Å²) in [6.07, 6.45) is 0. The number of hydrogen-bond acceptors (Lipinski definition) is 4. The first-order chi connectivity index (χ1) is 9.26. The van der Waals surface area contributed by atoms with Gasteiger partial charge in [-0.1, -0.05) is 24.3 Å². The van der Waals surface area contributed by atoms with Crippen molar-refractivity contribution >= 4 is 9.84 Å². The van der Waals surface area contributed by atoms with Gasteiger partial charge in [0.25, 0.3) is 0 Å². The van der Waals surface area contributed by atoms with Gasteiger partial charge in [-0.05, 0) is 43.5 Å². The SMILES string of the molecule is Cc1cccc(S(=O)(=O)c2c(C)ccc(C)c2O)c1O. The van der Waals surface area contributed by atoms with Crippen molar-refractivity contribution in [3.05, 3.63) is 47.0 Å². The van der Waals surface area contributed by atoms with Gasteiger partial charge in [-0.15, -0.1) is 0 Å². The fraction of sp³-hybridized carbons (Fsp3) is 0.200. The Morgan fingerprint density at radius 3 is 2.00 bits per heavy atom. The zero-order valence-electron chi connectivity index (χ0n) is 11.5. The number of phenols is 2. The summed E-state index contributed by atoms with van der Waals surface area (Å²) in [6, 6.07) is 7.80. The van der Waals surface area contributed by atoms with E-state index in [0.717, 1.165) is 0 Å². The van der Waals surface area contributed by atoms with Gasteiger partial charge in [0.1, 0.15) is 21.3 Å². The van der Waals surface area contributed by atoms with Gasteiger partial charge in [-0.25, -0.2) is 8.42 Å². The Balaban J connectivity index is 2.81. The van der Waals surface area contributed by atoms with Crippen LogP contribution in [0.3, 0.4) is 0 Å². The molecule has 0 aliphatic heterocycles. The van der Waals surface area contributed by atoms with Crippen LogP contribution in [0.4, 0.5) is 0 Å². The molecule has 2 rings (SSSR count). The Morgan fingerprint density at radius 2 is 1.35 bits per heavy atom. The predicted octanol–water partition coefficient (Wildman–Crippen LogP) is 2.86. The molecule has 4 nitrogen and oxygen atoms in total. The molecule has 2 aromatic rings. The van der Waals surface area contributed by atoms with Gasteiger partial charge in [0.15, 0.2) is 0 Å². The molecule has 0 amide bonds. The number of benzene rings is 2. The molecule has 0 bridgehead atoms. The van der Waals surface area contributed by atoms with Crippen molar-refractivity contribution < 1.29 is 18.6 Å². The van der Waals surface area contributed by atoms with Crippen LogP contribution in [0.5, 0.6) is 11.5 Å². The third-order valence-electron chi connectivity index (χ3n) is 3.29. The standard InChI is InChI=1S/C15H16O4S/c1-9-5-4-6-12(13(9)16)20(18,19)15-11(3)8-7-10(2)14(15)17/h4-8,16-17H,1-3H3. The van der Waals surface area contributed by atoms with Crippen LogP contribution in [-0.4, -0.2) is 18.6 Å². The third-order valence-corrected chi connectivity index (χ3v) is 5.25. The van der Waals surface area contributed by atoms with E-state index >= 15 is 0 Å². The summed E-state index contributed by atoms with van der Waals surface area (Å²) in [6.45, 7) is 4.86. The van der Waals surface area contributed by atoms with Crippen LogP contribution in [0, 0.1) is 20.8 Å². The highest BCUT2D eigenvalue weighted by Gasteiger charge is 2.27. The van der Waals surface area contributed by atoms with Crippen molar-refractivity contribution in [3.8, 4) is 11.5 Å². The van der Waals surface area contributed by atoms with E-state index < -0.39 is 9.84 Å². The van der Waals surface area contributed by atoms with Gasteiger partial charge >= 0.3 is 0 Å². The van der Waals surface area contributed by atoms with Crippen molar-refractivity contribution in [2.75, 3.05) is 0 Å². The van der Waals surface area contributed by atoms with Crippen LogP contribution >= 0.6 is 0 Å². The number of sulfone groups is 1. The second kappa shape index (κ2) is 4.83. The number of rotatable bonds is 2. The Hall–Kier alpha value is -2.01. The smallest absolute Gasteiger partial charge is 0.214 e. The second-order valence-corrected chi connectivity index (χ2v) is 6.66. The summed E-state index contributed by atoms with van der Waals surface area (Å²) in [5.74, 6) is -0.557. The van der Waals surface area contributed by atoms with E-state index in [9.17, 15) is 18.6 Å². The van der Waals surface area contributed by atoms with Crippen LogP contribution in [0.15, 0.2) is 40.1 Å². The molecule has 106 valence electrons. The average molecular weight is 292 g/mol. The molecule has 0 atom stereocenters. The molecule has 2 N–H and O–H groups in total. The molecule has 0 fully saturated rings. The zero-order valence-corrected chi connectivity index (χ0v) is 12.3. The van der Waals surface area contributed by atoms with E-state index in [1.165, 1.54) is 6.07 Å². The largest absolute Gasteiger partial charge is 0.506 e. The maximum absolute atomic E-state index is 12.7. The lowest BCUT2D eigenvalue weighted by Gasteiger charge is -2.13. The summed E-state index contributed by atoms with van der Waals surface area (Å²) in [5.41, 5.74) is 1.38. The first-order valence-electron chi connectivity index (χ1n) is 6.09. The molecule has 0 saturated carbocycles. The molecule has 0 unspecified atom stereocenters. The van der Waals surface area contributed by atoms with Crippen molar-refractivity contribution in [2.24, 2.45) is 0 Å². The Morgan fingerprint density at radius 1 is 0.800 bits per heavy atom. The molecule has 0 aliphatic carbocycles. The van der Waals surface area contributed by atoms with Crippen LogP contribution < -0.4 is 0 Å². The number of hydrogen-bond donors (Lipinski definition) is 2. The molecular formula is C15H16O4S. The fourth-order valence-electron chi connectivity index (χ4n) is 2.07. The monoisotopic (exact) mass is 292 g/mol. The predicted molar refractivity (Wildman–Crippen MR) is 75.9 cm³/mol. The molecule has 0 aliphatic rings. The van der Waals surface area contributed by atoms with Gasteiger partial charge in [0.05, 0.1) is 0 Å². The summed E-state index contributed by atoms with van der Waals surface area (Å²) >= 11 is 0. The van der Waals surface area contributed by atoms with Crippen molar-refractivity contribution in [1.82, 2.24) is 0 Å². The molecule has 5 heteroatoms. The maximum atomic E-state index is 12.7. The lowest BCUT2D eigenvalue weighted by molar-refractivity contribution is 0.448. The Labute approximate surface area is 118 Å². The Bertz CT molecular complexity index is 777. The van der Waals surface area contributed by atoms with Crippen LogP contribution in [-0.2, 0) is 9.84 Å². The van der Waals surface area contributed by atoms with E-state index in [1.807, 2.05) is 0 Å². The third kappa shape index (κ3) is 2.14. The number of para-hydroxylation sites is 1. The van der Waals surface area contributed by atoms with Gasteiger partial charge in [0, 0.05) is 0 Å². The lowest BCUT2D eigenvalue weighted by Crippen LogP contribution is -2.06. The van der Waals surface area contributed by atoms with Gasteiger partial charge in [-0.3, -0.25) is 0 Å². The van der Waals surface area contributed by atoms with Crippen molar-refractivity contribution in [2.45, 2.75) is 30.6 Å². The minimum absolute atomic E-state index is 0.154. The normalized spacial score (nSPS) is 11.6. The average Bonchev–Trinajstić information content (AvgIpc) is 2.37.